The van der Waals surface area contributed by atoms with E-state index < -0.39 is 41.8 Å². The van der Waals surface area contributed by atoms with E-state index >= 15 is 0 Å². The molecule has 8 nitrogen and oxygen atoms in total. The summed E-state index contributed by atoms with van der Waals surface area (Å²) in [7, 11) is 0. The fourth-order valence-corrected chi connectivity index (χ4v) is 3.24. The Labute approximate surface area is 197 Å². The van der Waals surface area contributed by atoms with Crippen molar-refractivity contribution in [2.75, 3.05) is 13.2 Å². The van der Waals surface area contributed by atoms with Gasteiger partial charge in [-0.05, 0) is 66.5 Å². The minimum Gasteiger partial charge on any atom is -0.444 e. The lowest BCUT2D eigenvalue weighted by molar-refractivity contribution is -0.143. The van der Waals surface area contributed by atoms with Crippen LogP contribution in [0.4, 0.5) is 4.79 Å². The van der Waals surface area contributed by atoms with Crippen molar-refractivity contribution in [3.63, 3.8) is 0 Å². The van der Waals surface area contributed by atoms with Crippen LogP contribution in [0.1, 0.15) is 64.3 Å². The van der Waals surface area contributed by atoms with Crippen LogP contribution in [0, 0.1) is 13.8 Å². The van der Waals surface area contributed by atoms with Crippen LogP contribution >= 0.6 is 0 Å². The van der Waals surface area contributed by atoms with Crippen molar-refractivity contribution in [1.29, 1.82) is 0 Å². The molecule has 0 spiro atoms. The number of aryl methyl sites for hydroxylation is 2. The molecule has 0 fully saturated rings. The smallest absolute Gasteiger partial charge is 0.408 e. The number of alkyl carbamates (subject to hydrolysis) is 1. The van der Waals surface area contributed by atoms with Crippen LogP contribution in [0.15, 0.2) is 30.9 Å². The third-order valence-corrected chi connectivity index (χ3v) is 4.57. The van der Waals surface area contributed by atoms with Crippen LogP contribution in [-0.4, -0.2) is 58.2 Å². The second-order valence-electron chi connectivity index (χ2n) is 10.2. The quantitative estimate of drug-likeness (QED) is 0.516. The zero-order chi connectivity index (χ0) is 25.6. The van der Waals surface area contributed by atoms with Gasteiger partial charge in [0, 0.05) is 12.1 Å². The average Bonchev–Trinajstić information content (AvgIpc) is 2.65. The number of aliphatic hydroxyl groups is 1. The monoisotopic (exact) mass is 461 g/mol. The number of aliphatic hydroxyl groups excluding tert-OH is 1. The van der Waals surface area contributed by atoms with E-state index in [0.717, 1.165) is 11.1 Å². The Hall–Kier alpha value is -2.87. The van der Waals surface area contributed by atoms with Crippen molar-refractivity contribution in [1.82, 2.24) is 15.5 Å². The normalized spacial score (nSPS) is 13.5. The van der Waals surface area contributed by atoms with Crippen molar-refractivity contribution in [2.24, 2.45) is 0 Å². The number of carbonyl (C=O) groups excluding carboxylic acids is 3. The topological polar surface area (TPSA) is 108 Å². The average molecular weight is 462 g/mol. The van der Waals surface area contributed by atoms with Gasteiger partial charge in [-0.15, -0.1) is 6.58 Å². The van der Waals surface area contributed by atoms with Crippen LogP contribution in [-0.2, 0) is 14.3 Å². The summed E-state index contributed by atoms with van der Waals surface area (Å²) in [5.74, 6) is -1.00. The second-order valence-corrected chi connectivity index (χ2v) is 10.2. The second kappa shape index (κ2) is 11.3. The summed E-state index contributed by atoms with van der Waals surface area (Å²) in [5.41, 5.74) is 1.10. The van der Waals surface area contributed by atoms with Crippen LogP contribution in [0.3, 0.4) is 0 Å². The molecule has 1 aromatic carbocycles. The number of carbonyl (C=O) groups is 3. The first-order chi connectivity index (χ1) is 15.1. The van der Waals surface area contributed by atoms with Crippen molar-refractivity contribution >= 4 is 17.9 Å². The van der Waals surface area contributed by atoms with Crippen molar-refractivity contribution in [3.05, 3.63) is 47.5 Å². The molecule has 33 heavy (non-hydrogen) atoms. The number of amides is 3. The Bertz CT molecular complexity index is 868. The molecular weight excluding hydrogens is 422 g/mol. The molecule has 0 bridgehead atoms. The Morgan fingerprint density at radius 2 is 1.76 bits per heavy atom. The van der Waals surface area contributed by atoms with Crippen molar-refractivity contribution in [2.45, 2.75) is 78.6 Å². The van der Waals surface area contributed by atoms with Gasteiger partial charge >= 0.3 is 6.09 Å². The minimum absolute atomic E-state index is 0.0287. The third-order valence-electron chi connectivity index (χ3n) is 4.57. The summed E-state index contributed by atoms with van der Waals surface area (Å²) >= 11 is 0. The summed E-state index contributed by atoms with van der Waals surface area (Å²) in [4.78, 5) is 40.5. The number of nitrogens with zero attached hydrogens (tertiary/aromatic N) is 1. The summed E-state index contributed by atoms with van der Waals surface area (Å²) in [6.07, 6.45) is 0.665. The SMILES string of the molecule is C=CCN(C(=O)C(CO)NC(=O)OC(C)(C)C)C(C(=O)NC(C)(C)C)c1cc(C)ccc1C. The highest BCUT2D eigenvalue weighted by Crippen LogP contribution is 2.27. The summed E-state index contributed by atoms with van der Waals surface area (Å²) in [5, 5.41) is 15.3. The van der Waals surface area contributed by atoms with Crippen molar-refractivity contribution in [3.8, 4) is 0 Å². The molecule has 184 valence electrons. The molecule has 8 heteroatoms. The number of nitrogens with one attached hydrogen (secondary N) is 2. The number of ether oxygens (including phenoxy) is 1. The van der Waals surface area contributed by atoms with Gasteiger partial charge in [0.25, 0.3) is 0 Å². The van der Waals surface area contributed by atoms with Crippen LogP contribution < -0.4 is 10.6 Å². The van der Waals surface area contributed by atoms with E-state index in [4.69, 9.17) is 4.74 Å². The Kier molecular flexibility index (Phi) is 9.66. The molecule has 0 aromatic heterocycles. The fraction of sp³-hybridized carbons (Fsp3) is 0.560. The predicted octanol–water partition coefficient (Wildman–Crippen LogP) is 3.16. The van der Waals surface area contributed by atoms with E-state index in [1.165, 1.54) is 11.0 Å². The van der Waals surface area contributed by atoms with Gasteiger partial charge in [-0.2, -0.15) is 0 Å². The first kappa shape index (κ1) is 28.2. The van der Waals surface area contributed by atoms with Gasteiger partial charge in [-0.3, -0.25) is 9.59 Å². The highest BCUT2D eigenvalue weighted by Gasteiger charge is 2.37. The molecule has 0 saturated carbocycles. The summed E-state index contributed by atoms with van der Waals surface area (Å²) < 4.78 is 5.22. The van der Waals surface area contributed by atoms with E-state index in [2.05, 4.69) is 17.2 Å². The molecule has 0 saturated heterocycles. The number of hydrogen-bond donors (Lipinski definition) is 3. The molecule has 1 rings (SSSR count). The first-order valence-electron chi connectivity index (χ1n) is 11.0. The largest absolute Gasteiger partial charge is 0.444 e. The molecule has 0 heterocycles. The summed E-state index contributed by atoms with van der Waals surface area (Å²) in [6.45, 7) is 17.5. The predicted molar refractivity (Wildman–Crippen MR) is 129 cm³/mol. The van der Waals surface area contributed by atoms with Gasteiger partial charge in [0.15, 0.2) is 0 Å². The zero-order valence-corrected chi connectivity index (χ0v) is 21.1. The Morgan fingerprint density at radius 1 is 1.15 bits per heavy atom. The van der Waals surface area contributed by atoms with E-state index in [-0.39, 0.29) is 12.5 Å². The minimum atomic E-state index is -1.30. The zero-order valence-electron chi connectivity index (χ0n) is 21.1. The number of benzene rings is 1. The van der Waals surface area contributed by atoms with Gasteiger partial charge in [0.2, 0.25) is 11.8 Å². The number of rotatable bonds is 8. The molecule has 0 radical (unpaired) electrons. The van der Waals surface area contributed by atoms with Gasteiger partial charge in [0.1, 0.15) is 17.7 Å². The highest BCUT2D eigenvalue weighted by molar-refractivity contribution is 5.92. The van der Waals surface area contributed by atoms with Crippen molar-refractivity contribution < 1.29 is 24.2 Å². The van der Waals surface area contributed by atoms with Crippen LogP contribution in [0.25, 0.3) is 0 Å². The molecule has 2 unspecified atom stereocenters. The maximum absolute atomic E-state index is 13.5. The maximum Gasteiger partial charge on any atom is 0.408 e. The van der Waals surface area contributed by atoms with Gasteiger partial charge in [0.05, 0.1) is 6.61 Å². The molecule has 0 aliphatic heterocycles. The standard InChI is InChI=1S/C25H39N3O5/c1-10-13-28(22(31)19(15-29)26-23(32)33-25(7,8)9)20(21(30)27-24(4,5)6)18-14-16(2)11-12-17(18)3/h10-12,14,19-20,29H,1,13,15H2,2-9H3,(H,26,32)(H,27,30). The van der Waals surface area contributed by atoms with E-state index in [1.807, 2.05) is 52.8 Å². The van der Waals surface area contributed by atoms with E-state index in [9.17, 15) is 19.5 Å². The van der Waals surface area contributed by atoms with E-state index in [1.54, 1.807) is 20.8 Å². The fourth-order valence-electron chi connectivity index (χ4n) is 3.24. The van der Waals surface area contributed by atoms with E-state index in [0.29, 0.717) is 5.56 Å². The molecule has 0 aliphatic carbocycles. The lowest BCUT2D eigenvalue weighted by atomic mass is 9.95. The van der Waals surface area contributed by atoms with Gasteiger partial charge < -0.3 is 25.4 Å². The summed E-state index contributed by atoms with van der Waals surface area (Å²) in [6, 6.07) is 3.39. The number of hydrogen-bond acceptors (Lipinski definition) is 5. The molecule has 1 aromatic rings. The Morgan fingerprint density at radius 3 is 2.24 bits per heavy atom. The van der Waals surface area contributed by atoms with Crippen LogP contribution in [0.2, 0.25) is 0 Å². The van der Waals surface area contributed by atoms with Crippen LogP contribution in [0.5, 0.6) is 0 Å². The third kappa shape index (κ3) is 8.88. The van der Waals surface area contributed by atoms with Gasteiger partial charge in [-0.25, -0.2) is 4.79 Å². The lowest BCUT2D eigenvalue weighted by Crippen LogP contribution is -2.55. The molecule has 2 atom stereocenters. The van der Waals surface area contributed by atoms with Gasteiger partial charge in [-0.1, -0.05) is 29.8 Å². The lowest BCUT2D eigenvalue weighted by Gasteiger charge is -2.35. The molecule has 3 amide bonds. The first-order valence-corrected chi connectivity index (χ1v) is 11.0. The Balaban J connectivity index is 3.46. The molecular formula is C25H39N3O5. The highest BCUT2D eigenvalue weighted by atomic mass is 16.6. The molecule has 0 aliphatic rings. The maximum atomic E-state index is 13.5. The molecule has 3 N–H and O–H groups in total.